The highest BCUT2D eigenvalue weighted by Crippen LogP contribution is 2.26. The van der Waals surface area contributed by atoms with Crippen LogP contribution in [0.1, 0.15) is 16.5 Å². The van der Waals surface area contributed by atoms with Gasteiger partial charge >= 0.3 is 0 Å². The summed E-state index contributed by atoms with van der Waals surface area (Å²) >= 11 is 1.57. The molecule has 0 saturated carbocycles. The first-order valence-electron chi connectivity index (χ1n) is 7.49. The van der Waals surface area contributed by atoms with Crippen molar-refractivity contribution in [2.45, 2.75) is 6.04 Å². The molecule has 1 amide bonds. The van der Waals surface area contributed by atoms with Crippen LogP contribution in [0.5, 0.6) is 5.75 Å². The summed E-state index contributed by atoms with van der Waals surface area (Å²) in [4.78, 5) is 13.3. The standard InChI is InChI=1S/C19H16FNO2S/c20-15-9-4-5-10-16(15)23-13-18(22)21-19(17-11-6-12-24-17)14-7-2-1-3-8-14/h1-12,19H,13H2,(H,21,22)/t19-/m1/s1. The van der Waals surface area contributed by atoms with Crippen molar-refractivity contribution in [1.82, 2.24) is 5.32 Å². The number of para-hydroxylation sites is 1. The van der Waals surface area contributed by atoms with E-state index < -0.39 is 5.82 Å². The minimum absolute atomic E-state index is 0.0695. The van der Waals surface area contributed by atoms with E-state index in [1.54, 1.807) is 23.5 Å². The normalized spacial score (nSPS) is 11.7. The summed E-state index contributed by atoms with van der Waals surface area (Å²) in [6.45, 7) is -0.240. The number of benzene rings is 2. The zero-order valence-electron chi connectivity index (χ0n) is 12.8. The molecule has 2 aromatic carbocycles. The van der Waals surface area contributed by atoms with Crippen molar-refractivity contribution >= 4 is 17.2 Å². The zero-order valence-corrected chi connectivity index (χ0v) is 13.6. The molecule has 1 aromatic heterocycles. The SMILES string of the molecule is O=C(COc1ccccc1F)N[C@H](c1ccccc1)c1cccs1. The molecule has 0 aliphatic carbocycles. The topological polar surface area (TPSA) is 38.3 Å². The molecule has 0 unspecified atom stereocenters. The summed E-state index contributed by atoms with van der Waals surface area (Å²) in [5, 5.41) is 4.91. The van der Waals surface area contributed by atoms with Gasteiger partial charge in [-0.15, -0.1) is 11.3 Å². The summed E-state index contributed by atoms with van der Waals surface area (Å²) in [6, 6.07) is 19.4. The van der Waals surface area contributed by atoms with E-state index in [1.165, 1.54) is 12.1 Å². The summed E-state index contributed by atoms with van der Waals surface area (Å²) < 4.78 is 18.8. The third kappa shape index (κ3) is 4.00. The molecule has 0 saturated heterocycles. The molecule has 3 aromatic rings. The lowest BCUT2D eigenvalue weighted by Crippen LogP contribution is -2.33. The lowest BCUT2D eigenvalue weighted by atomic mass is 10.1. The van der Waals surface area contributed by atoms with E-state index in [1.807, 2.05) is 47.8 Å². The Morgan fingerprint density at radius 2 is 1.79 bits per heavy atom. The summed E-state index contributed by atoms with van der Waals surface area (Å²) in [5.74, 6) is -0.719. The molecule has 0 fully saturated rings. The first kappa shape index (κ1) is 16.2. The van der Waals surface area contributed by atoms with Crippen LogP contribution in [-0.4, -0.2) is 12.5 Å². The van der Waals surface area contributed by atoms with Crippen molar-refractivity contribution in [3.63, 3.8) is 0 Å². The molecule has 1 N–H and O–H groups in total. The van der Waals surface area contributed by atoms with E-state index in [9.17, 15) is 9.18 Å². The number of carbonyl (C=O) groups excluding carboxylic acids is 1. The molecule has 3 rings (SSSR count). The number of thiophene rings is 1. The number of amides is 1. The van der Waals surface area contributed by atoms with Gasteiger partial charge in [0.2, 0.25) is 0 Å². The monoisotopic (exact) mass is 341 g/mol. The Morgan fingerprint density at radius 1 is 1.04 bits per heavy atom. The maximum atomic E-state index is 13.5. The molecule has 3 nitrogen and oxygen atoms in total. The average molecular weight is 341 g/mol. The van der Waals surface area contributed by atoms with E-state index >= 15 is 0 Å². The summed E-state index contributed by atoms with van der Waals surface area (Å²) in [7, 11) is 0. The van der Waals surface area contributed by atoms with Crippen molar-refractivity contribution in [2.75, 3.05) is 6.61 Å². The molecule has 24 heavy (non-hydrogen) atoms. The average Bonchev–Trinajstić information content (AvgIpc) is 3.14. The number of ether oxygens (including phenoxy) is 1. The van der Waals surface area contributed by atoms with Gasteiger partial charge in [0.1, 0.15) is 0 Å². The molecule has 5 heteroatoms. The molecular formula is C19H16FNO2S. The molecule has 0 bridgehead atoms. The van der Waals surface area contributed by atoms with E-state index in [4.69, 9.17) is 4.74 Å². The van der Waals surface area contributed by atoms with Crippen LogP contribution in [0.2, 0.25) is 0 Å². The highest BCUT2D eigenvalue weighted by Gasteiger charge is 2.18. The van der Waals surface area contributed by atoms with E-state index in [2.05, 4.69) is 5.32 Å². The molecule has 0 radical (unpaired) electrons. The number of hydrogen-bond acceptors (Lipinski definition) is 3. The number of hydrogen-bond donors (Lipinski definition) is 1. The van der Waals surface area contributed by atoms with Crippen LogP contribution >= 0.6 is 11.3 Å². The number of rotatable bonds is 6. The minimum atomic E-state index is -0.483. The minimum Gasteiger partial charge on any atom is -0.481 e. The third-order valence-corrected chi connectivity index (χ3v) is 4.40. The number of nitrogens with one attached hydrogen (secondary N) is 1. The molecule has 0 aliphatic rings. The number of carbonyl (C=O) groups is 1. The van der Waals surface area contributed by atoms with Crippen molar-refractivity contribution < 1.29 is 13.9 Å². The predicted molar refractivity (Wildman–Crippen MR) is 92.6 cm³/mol. The Balaban J connectivity index is 1.69. The van der Waals surface area contributed by atoms with Gasteiger partial charge in [0.05, 0.1) is 6.04 Å². The van der Waals surface area contributed by atoms with Gasteiger partial charge in [-0.25, -0.2) is 4.39 Å². The molecular weight excluding hydrogens is 325 g/mol. The van der Waals surface area contributed by atoms with Crippen molar-refractivity contribution in [2.24, 2.45) is 0 Å². The van der Waals surface area contributed by atoms with Crippen LogP contribution in [0.4, 0.5) is 4.39 Å². The first-order chi connectivity index (χ1) is 11.7. The lowest BCUT2D eigenvalue weighted by molar-refractivity contribution is -0.123. The Kier molecular flexibility index (Phi) is 5.23. The quantitative estimate of drug-likeness (QED) is 0.731. The highest BCUT2D eigenvalue weighted by atomic mass is 32.1. The molecule has 0 aliphatic heterocycles. The van der Waals surface area contributed by atoms with Gasteiger partial charge in [0.25, 0.3) is 5.91 Å². The highest BCUT2D eigenvalue weighted by molar-refractivity contribution is 7.10. The second-order valence-corrected chi connectivity index (χ2v) is 6.12. The predicted octanol–water partition coefficient (Wildman–Crippen LogP) is 4.17. The van der Waals surface area contributed by atoms with Gasteiger partial charge in [-0.05, 0) is 29.1 Å². The van der Waals surface area contributed by atoms with Crippen LogP contribution in [0, 0.1) is 5.82 Å². The smallest absolute Gasteiger partial charge is 0.258 e. The van der Waals surface area contributed by atoms with Gasteiger partial charge in [-0.1, -0.05) is 48.5 Å². The molecule has 122 valence electrons. The van der Waals surface area contributed by atoms with Crippen LogP contribution in [0.25, 0.3) is 0 Å². The summed E-state index contributed by atoms with van der Waals surface area (Å²) in [5.41, 5.74) is 0.985. The first-order valence-corrected chi connectivity index (χ1v) is 8.37. The molecule has 0 spiro atoms. The third-order valence-electron chi connectivity index (χ3n) is 3.46. The van der Waals surface area contributed by atoms with Crippen molar-refractivity contribution in [3.05, 3.63) is 88.4 Å². The van der Waals surface area contributed by atoms with E-state index in [-0.39, 0.29) is 24.3 Å². The molecule has 1 atom stereocenters. The lowest BCUT2D eigenvalue weighted by Gasteiger charge is -2.18. The Hall–Kier alpha value is -2.66. The fourth-order valence-corrected chi connectivity index (χ4v) is 3.13. The maximum Gasteiger partial charge on any atom is 0.258 e. The van der Waals surface area contributed by atoms with Crippen LogP contribution < -0.4 is 10.1 Å². The molecule has 1 heterocycles. The largest absolute Gasteiger partial charge is 0.481 e. The van der Waals surface area contributed by atoms with Gasteiger partial charge in [-0.2, -0.15) is 0 Å². The van der Waals surface area contributed by atoms with Crippen LogP contribution in [0.3, 0.4) is 0 Å². The second-order valence-electron chi connectivity index (χ2n) is 5.15. The number of halogens is 1. The van der Waals surface area contributed by atoms with Crippen LogP contribution in [0.15, 0.2) is 72.1 Å². The fraction of sp³-hybridized carbons (Fsp3) is 0.105. The zero-order chi connectivity index (χ0) is 16.8. The Morgan fingerprint density at radius 3 is 2.50 bits per heavy atom. The van der Waals surface area contributed by atoms with Gasteiger partial charge in [0, 0.05) is 4.88 Å². The van der Waals surface area contributed by atoms with E-state index in [0.717, 1.165) is 10.4 Å². The van der Waals surface area contributed by atoms with Crippen LogP contribution in [-0.2, 0) is 4.79 Å². The van der Waals surface area contributed by atoms with Crippen molar-refractivity contribution in [1.29, 1.82) is 0 Å². The van der Waals surface area contributed by atoms with Gasteiger partial charge in [0.15, 0.2) is 18.2 Å². The second kappa shape index (κ2) is 7.75. The van der Waals surface area contributed by atoms with Gasteiger partial charge in [-0.3, -0.25) is 4.79 Å². The fourth-order valence-electron chi connectivity index (χ4n) is 2.33. The Bertz CT molecular complexity index is 790. The van der Waals surface area contributed by atoms with Crippen molar-refractivity contribution in [3.8, 4) is 5.75 Å². The van der Waals surface area contributed by atoms with Gasteiger partial charge < -0.3 is 10.1 Å². The van der Waals surface area contributed by atoms with E-state index in [0.29, 0.717) is 0 Å². The maximum absolute atomic E-state index is 13.5. The Labute approximate surface area is 143 Å². The summed E-state index contributed by atoms with van der Waals surface area (Å²) in [6.07, 6.45) is 0.